The summed E-state index contributed by atoms with van der Waals surface area (Å²) in [5.41, 5.74) is 1.06. The van der Waals surface area contributed by atoms with Crippen molar-refractivity contribution in [2.24, 2.45) is 0 Å². The van der Waals surface area contributed by atoms with E-state index in [-0.39, 0.29) is 18.4 Å². The van der Waals surface area contributed by atoms with Gasteiger partial charge in [0.15, 0.2) is 6.10 Å². The third-order valence-corrected chi connectivity index (χ3v) is 3.50. The van der Waals surface area contributed by atoms with Crippen LogP contribution in [-0.2, 0) is 16.0 Å². The van der Waals surface area contributed by atoms with Gasteiger partial charge in [0.05, 0.1) is 6.54 Å². The normalized spacial score (nSPS) is 22.2. The zero-order valence-electron chi connectivity index (χ0n) is 10.6. The van der Waals surface area contributed by atoms with E-state index in [2.05, 4.69) is 5.32 Å². The second-order valence-electron chi connectivity index (χ2n) is 4.88. The van der Waals surface area contributed by atoms with E-state index < -0.39 is 6.10 Å². The zero-order chi connectivity index (χ0) is 13.2. The molecule has 0 aromatic heterocycles. The molecule has 2 aliphatic heterocycles. The molecule has 0 aliphatic carbocycles. The van der Waals surface area contributed by atoms with Crippen molar-refractivity contribution in [2.75, 3.05) is 19.6 Å². The number of carbonyl (C=O) groups excluding carboxylic acids is 2. The number of benzene rings is 1. The Balaban J connectivity index is 1.70. The number of para-hydroxylation sites is 1. The fraction of sp³-hybridized carbons (Fsp3) is 0.429. The molecular formula is C14H16N2O3. The average molecular weight is 260 g/mol. The quantitative estimate of drug-likeness (QED) is 0.792. The van der Waals surface area contributed by atoms with Crippen LogP contribution in [0.3, 0.4) is 0 Å². The van der Waals surface area contributed by atoms with Gasteiger partial charge in [-0.05, 0) is 18.1 Å². The molecule has 1 N–H and O–H groups in total. The Labute approximate surface area is 111 Å². The van der Waals surface area contributed by atoms with Crippen LogP contribution in [-0.4, -0.2) is 42.5 Å². The molecule has 5 nitrogen and oxygen atoms in total. The van der Waals surface area contributed by atoms with Crippen LogP contribution >= 0.6 is 0 Å². The SMILES string of the molecule is O=C1CN(C(=O)C2Cc3ccccc3O2)CCCN1. The highest BCUT2D eigenvalue weighted by atomic mass is 16.5. The lowest BCUT2D eigenvalue weighted by Crippen LogP contribution is -2.44. The molecule has 2 heterocycles. The van der Waals surface area contributed by atoms with Crippen molar-refractivity contribution >= 4 is 11.8 Å². The highest BCUT2D eigenvalue weighted by molar-refractivity contribution is 5.88. The molecule has 1 atom stereocenters. The monoisotopic (exact) mass is 260 g/mol. The van der Waals surface area contributed by atoms with Crippen molar-refractivity contribution < 1.29 is 14.3 Å². The summed E-state index contributed by atoms with van der Waals surface area (Å²) < 4.78 is 5.68. The van der Waals surface area contributed by atoms with Crippen LogP contribution in [0.2, 0.25) is 0 Å². The molecule has 5 heteroatoms. The molecule has 1 aromatic rings. The van der Waals surface area contributed by atoms with Gasteiger partial charge >= 0.3 is 0 Å². The number of ether oxygens (including phenoxy) is 1. The average Bonchev–Trinajstić information content (AvgIpc) is 2.73. The molecule has 2 amide bonds. The summed E-state index contributed by atoms with van der Waals surface area (Å²) in [7, 11) is 0. The summed E-state index contributed by atoms with van der Waals surface area (Å²) in [5, 5.41) is 2.76. The van der Waals surface area contributed by atoms with E-state index in [0.717, 1.165) is 17.7 Å². The van der Waals surface area contributed by atoms with Crippen LogP contribution in [0.1, 0.15) is 12.0 Å². The van der Waals surface area contributed by atoms with Gasteiger partial charge < -0.3 is 15.0 Å². The van der Waals surface area contributed by atoms with Crippen molar-refractivity contribution in [2.45, 2.75) is 18.9 Å². The van der Waals surface area contributed by atoms with Gasteiger partial charge in [0, 0.05) is 19.5 Å². The number of nitrogens with zero attached hydrogens (tertiary/aromatic N) is 1. The van der Waals surface area contributed by atoms with Crippen LogP contribution in [0.4, 0.5) is 0 Å². The van der Waals surface area contributed by atoms with Gasteiger partial charge in [-0.2, -0.15) is 0 Å². The van der Waals surface area contributed by atoms with Crippen LogP contribution in [0.5, 0.6) is 5.75 Å². The summed E-state index contributed by atoms with van der Waals surface area (Å²) in [4.78, 5) is 25.5. The zero-order valence-corrected chi connectivity index (χ0v) is 10.6. The Morgan fingerprint density at radius 1 is 1.37 bits per heavy atom. The molecule has 1 saturated heterocycles. The second kappa shape index (κ2) is 4.91. The first-order chi connectivity index (χ1) is 9.24. The van der Waals surface area contributed by atoms with Gasteiger partial charge in [0.25, 0.3) is 5.91 Å². The molecule has 100 valence electrons. The first kappa shape index (κ1) is 12.0. The maximum atomic E-state index is 12.4. The van der Waals surface area contributed by atoms with Gasteiger partial charge in [-0.15, -0.1) is 0 Å². The second-order valence-corrected chi connectivity index (χ2v) is 4.88. The number of rotatable bonds is 1. The number of carbonyl (C=O) groups is 2. The molecule has 1 unspecified atom stereocenters. The molecule has 0 bridgehead atoms. The largest absolute Gasteiger partial charge is 0.480 e. The number of fused-ring (bicyclic) bond motifs is 1. The minimum Gasteiger partial charge on any atom is -0.480 e. The fourth-order valence-corrected chi connectivity index (χ4v) is 2.52. The van der Waals surface area contributed by atoms with Gasteiger partial charge in [-0.1, -0.05) is 18.2 Å². The van der Waals surface area contributed by atoms with E-state index in [1.807, 2.05) is 24.3 Å². The van der Waals surface area contributed by atoms with E-state index in [9.17, 15) is 9.59 Å². The number of nitrogens with one attached hydrogen (secondary N) is 1. The molecule has 0 radical (unpaired) electrons. The Morgan fingerprint density at radius 3 is 3.05 bits per heavy atom. The van der Waals surface area contributed by atoms with E-state index >= 15 is 0 Å². The molecule has 1 aromatic carbocycles. The molecule has 19 heavy (non-hydrogen) atoms. The van der Waals surface area contributed by atoms with Crippen LogP contribution < -0.4 is 10.1 Å². The van der Waals surface area contributed by atoms with Crippen molar-refractivity contribution in [1.82, 2.24) is 10.2 Å². The van der Waals surface area contributed by atoms with E-state index in [4.69, 9.17) is 4.74 Å². The van der Waals surface area contributed by atoms with Gasteiger partial charge in [0.1, 0.15) is 5.75 Å². The Bertz CT molecular complexity index is 490. The van der Waals surface area contributed by atoms with E-state index in [1.54, 1.807) is 4.90 Å². The summed E-state index contributed by atoms with van der Waals surface area (Å²) in [6.07, 6.45) is 0.896. The first-order valence-corrected chi connectivity index (χ1v) is 6.54. The maximum Gasteiger partial charge on any atom is 0.264 e. The smallest absolute Gasteiger partial charge is 0.264 e. The molecule has 0 saturated carbocycles. The molecule has 3 rings (SSSR count). The van der Waals surface area contributed by atoms with Crippen LogP contribution in [0.15, 0.2) is 24.3 Å². The minimum atomic E-state index is -0.483. The summed E-state index contributed by atoms with van der Waals surface area (Å²) >= 11 is 0. The van der Waals surface area contributed by atoms with Gasteiger partial charge in [-0.3, -0.25) is 9.59 Å². The van der Waals surface area contributed by atoms with Crippen LogP contribution in [0.25, 0.3) is 0 Å². The third kappa shape index (κ3) is 2.41. The van der Waals surface area contributed by atoms with Crippen molar-refractivity contribution in [1.29, 1.82) is 0 Å². The summed E-state index contributed by atoms with van der Waals surface area (Å²) in [6, 6.07) is 7.68. The molecular weight excluding hydrogens is 244 g/mol. The fourth-order valence-electron chi connectivity index (χ4n) is 2.52. The highest BCUT2D eigenvalue weighted by Gasteiger charge is 2.33. The molecule has 1 fully saturated rings. The topological polar surface area (TPSA) is 58.6 Å². The molecule has 0 spiro atoms. The first-order valence-electron chi connectivity index (χ1n) is 6.54. The maximum absolute atomic E-state index is 12.4. The summed E-state index contributed by atoms with van der Waals surface area (Å²) in [6.45, 7) is 1.37. The Hall–Kier alpha value is -2.04. The van der Waals surface area contributed by atoms with Crippen molar-refractivity contribution in [3.8, 4) is 5.75 Å². The van der Waals surface area contributed by atoms with E-state index in [1.165, 1.54) is 0 Å². The Kier molecular flexibility index (Phi) is 3.11. The van der Waals surface area contributed by atoms with Gasteiger partial charge in [-0.25, -0.2) is 0 Å². The summed E-state index contributed by atoms with van der Waals surface area (Å²) in [5.74, 6) is 0.592. The molecule has 2 aliphatic rings. The number of hydrogen-bond acceptors (Lipinski definition) is 3. The van der Waals surface area contributed by atoms with Crippen LogP contribution in [0, 0.1) is 0 Å². The lowest BCUT2D eigenvalue weighted by Gasteiger charge is -2.22. The Morgan fingerprint density at radius 2 is 2.21 bits per heavy atom. The third-order valence-electron chi connectivity index (χ3n) is 3.50. The van der Waals surface area contributed by atoms with Crippen molar-refractivity contribution in [3.63, 3.8) is 0 Å². The van der Waals surface area contributed by atoms with Crippen molar-refractivity contribution in [3.05, 3.63) is 29.8 Å². The van der Waals surface area contributed by atoms with Gasteiger partial charge in [0.2, 0.25) is 5.91 Å². The lowest BCUT2D eigenvalue weighted by molar-refractivity contribution is -0.140. The standard InChI is InChI=1S/C14H16N2O3/c17-13-9-16(7-3-6-15-13)14(18)12-8-10-4-1-2-5-11(10)19-12/h1-2,4-5,12H,3,6-9H2,(H,15,17). The predicted molar refractivity (Wildman–Crippen MR) is 68.8 cm³/mol. The number of hydrogen-bond donors (Lipinski definition) is 1. The van der Waals surface area contributed by atoms with E-state index in [0.29, 0.717) is 19.5 Å². The lowest BCUT2D eigenvalue weighted by atomic mass is 10.1. The highest BCUT2D eigenvalue weighted by Crippen LogP contribution is 2.28. The minimum absolute atomic E-state index is 0.0896. The predicted octanol–water partition coefficient (Wildman–Crippen LogP) is 0.339. The number of amides is 2.